The van der Waals surface area contributed by atoms with Crippen molar-refractivity contribution in [2.24, 2.45) is 0 Å². The summed E-state index contributed by atoms with van der Waals surface area (Å²) in [5, 5.41) is 10.4. The lowest BCUT2D eigenvalue weighted by Crippen LogP contribution is -2.22. The minimum atomic E-state index is -3.65. The smallest absolute Gasteiger partial charge is 0.250 e. The van der Waals surface area contributed by atoms with Crippen molar-refractivity contribution >= 4 is 33.0 Å². The van der Waals surface area contributed by atoms with E-state index in [1.54, 1.807) is 5.38 Å². The summed E-state index contributed by atoms with van der Waals surface area (Å²) in [5.41, 5.74) is 1.10. The number of hydrogen-bond donors (Lipinski definition) is 2. The number of aliphatic hydroxyl groups excluding tert-OH is 1. The molecule has 1 heterocycles. The quantitative estimate of drug-likeness (QED) is 0.882. The molecule has 20 heavy (non-hydrogen) atoms. The lowest BCUT2D eigenvalue weighted by Gasteiger charge is -2.05. The maximum Gasteiger partial charge on any atom is 0.250 e. The molecule has 0 unspecified atom stereocenters. The molecule has 0 aliphatic carbocycles. The number of thiophene rings is 1. The van der Waals surface area contributed by atoms with Crippen LogP contribution in [0.1, 0.15) is 11.1 Å². The molecule has 2 rings (SSSR count). The molecule has 0 spiro atoms. The van der Waals surface area contributed by atoms with Crippen LogP contribution < -0.4 is 4.72 Å². The second kappa shape index (κ2) is 6.19. The zero-order chi connectivity index (χ0) is 14.8. The van der Waals surface area contributed by atoms with Crippen molar-refractivity contribution in [3.63, 3.8) is 0 Å². The zero-order valence-electron chi connectivity index (χ0n) is 10.1. The summed E-state index contributed by atoms with van der Waals surface area (Å²) in [6.45, 7) is -0.200. The van der Waals surface area contributed by atoms with Crippen LogP contribution in [-0.2, 0) is 23.2 Å². The van der Waals surface area contributed by atoms with E-state index in [1.807, 2.05) is 0 Å². The Kier molecular flexibility index (Phi) is 4.77. The van der Waals surface area contributed by atoms with Crippen molar-refractivity contribution in [2.45, 2.75) is 17.4 Å². The average Bonchev–Trinajstić information content (AvgIpc) is 2.90. The van der Waals surface area contributed by atoms with Crippen LogP contribution in [0, 0.1) is 5.82 Å². The number of halogens is 2. The van der Waals surface area contributed by atoms with Crippen LogP contribution in [0.2, 0.25) is 5.02 Å². The van der Waals surface area contributed by atoms with Gasteiger partial charge in [0.2, 0.25) is 10.0 Å². The molecule has 2 N–H and O–H groups in total. The van der Waals surface area contributed by atoms with E-state index in [0.29, 0.717) is 11.1 Å². The number of hydrogen-bond acceptors (Lipinski definition) is 4. The summed E-state index contributed by atoms with van der Waals surface area (Å²) in [5.74, 6) is -0.552. The van der Waals surface area contributed by atoms with Crippen LogP contribution in [0.25, 0.3) is 0 Å². The molecular weight excluding hydrogens is 325 g/mol. The Morgan fingerprint density at radius 3 is 2.65 bits per heavy atom. The monoisotopic (exact) mass is 335 g/mol. The summed E-state index contributed by atoms with van der Waals surface area (Å²) in [7, 11) is -3.65. The first kappa shape index (κ1) is 15.4. The van der Waals surface area contributed by atoms with Gasteiger partial charge < -0.3 is 5.11 Å². The normalized spacial score (nSPS) is 11.8. The molecular formula is C12H11ClFNO3S2. The second-order valence-corrected chi connectivity index (χ2v) is 7.32. The molecule has 1 aromatic heterocycles. The van der Waals surface area contributed by atoms with E-state index in [0.717, 1.165) is 11.3 Å². The van der Waals surface area contributed by atoms with Crippen LogP contribution in [0.4, 0.5) is 4.39 Å². The van der Waals surface area contributed by atoms with Gasteiger partial charge in [-0.05, 0) is 34.7 Å². The van der Waals surface area contributed by atoms with Crippen molar-refractivity contribution in [2.75, 3.05) is 0 Å². The highest BCUT2D eigenvalue weighted by molar-refractivity contribution is 7.91. The van der Waals surface area contributed by atoms with E-state index in [4.69, 9.17) is 16.7 Å². The van der Waals surface area contributed by atoms with Crippen LogP contribution >= 0.6 is 22.9 Å². The number of rotatable bonds is 5. The van der Waals surface area contributed by atoms with Gasteiger partial charge in [0.05, 0.1) is 11.6 Å². The predicted octanol–water partition coefficient (Wildman–Crippen LogP) is 2.51. The minimum Gasteiger partial charge on any atom is -0.392 e. The summed E-state index contributed by atoms with van der Waals surface area (Å²) in [4.78, 5) is 0. The first-order valence-corrected chi connectivity index (χ1v) is 8.28. The molecule has 0 radical (unpaired) electrons. The Hall–Kier alpha value is -0.990. The highest BCUT2D eigenvalue weighted by atomic mass is 35.5. The largest absolute Gasteiger partial charge is 0.392 e. The predicted molar refractivity (Wildman–Crippen MR) is 75.7 cm³/mol. The third kappa shape index (κ3) is 3.56. The van der Waals surface area contributed by atoms with Crippen LogP contribution in [-0.4, -0.2) is 13.5 Å². The highest BCUT2D eigenvalue weighted by Gasteiger charge is 2.16. The lowest BCUT2D eigenvalue weighted by atomic mass is 10.2. The minimum absolute atomic E-state index is 0.00862. The maximum absolute atomic E-state index is 13.0. The van der Waals surface area contributed by atoms with Crippen LogP contribution in [0.15, 0.2) is 33.9 Å². The van der Waals surface area contributed by atoms with Crippen molar-refractivity contribution in [3.05, 3.63) is 51.6 Å². The molecule has 8 heteroatoms. The fourth-order valence-corrected chi connectivity index (χ4v) is 3.94. The molecule has 0 saturated carbocycles. The van der Waals surface area contributed by atoms with Gasteiger partial charge in [-0.3, -0.25) is 0 Å². The van der Waals surface area contributed by atoms with Gasteiger partial charge in [-0.1, -0.05) is 17.7 Å². The Balaban J connectivity index is 2.10. The number of nitrogens with one attached hydrogen (secondary N) is 1. The summed E-state index contributed by atoms with van der Waals surface area (Å²) < 4.78 is 39.5. The van der Waals surface area contributed by atoms with E-state index in [1.165, 1.54) is 24.3 Å². The number of aliphatic hydroxyl groups is 1. The van der Waals surface area contributed by atoms with E-state index in [9.17, 15) is 12.8 Å². The highest BCUT2D eigenvalue weighted by Crippen LogP contribution is 2.21. The molecule has 0 aliphatic rings. The first-order chi connectivity index (χ1) is 9.42. The zero-order valence-corrected chi connectivity index (χ0v) is 12.5. The molecule has 4 nitrogen and oxygen atoms in total. The molecule has 2 aromatic rings. The first-order valence-electron chi connectivity index (χ1n) is 5.54. The third-order valence-corrected chi connectivity index (χ3v) is 5.71. The lowest BCUT2D eigenvalue weighted by molar-refractivity contribution is 0.282. The maximum atomic E-state index is 13.0. The van der Waals surface area contributed by atoms with E-state index in [2.05, 4.69) is 4.72 Å². The van der Waals surface area contributed by atoms with Crippen molar-refractivity contribution in [1.82, 2.24) is 4.72 Å². The molecule has 0 bridgehead atoms. The summed E-state index contributed by atoms with van der Waals surface area (Å²) in [6.07, 6.45) is 0. The van der Waals surface area contributed by atoms with Gasteiger partial charge in [0.15, 0.2) is 0 Å². The third-order valence-electron chi connectivity index (χ3n) is 2.53. The van der Waals surface area contributed by atoms with E-state index >= 15 is 0 Å². The van der Waals surface area contributed by atoms with Gasteiger partial charge in [-0.2, -0.15) is 0 Å². The van der Waals surface area contributed by atoms with Crippen LogP contribution in [0.5, 0.6) is 0 Å². The van der Waals surface area contributed by atoms with Crippen molar-refractivity contribution in [1.29, 1.82) is 0 Å². The van der Waals surface area contributed by atoms with Gasteiger partial charge in [-0.15, -0.1) is 11.3 Å². The van der Waals surface area contributed by atoms with E-state index < -0.39 is 15.8 Å². The fourth-order valence-electron chi connectivity index (χ4n) is 1.48. The van der Waals surface area contributed by atoms with Crippen molar-refractivity contribution < 1.29 is 17.9 Å². The molecule has 108 valence electrons. The Morgan fingerprint density at radius 2 is 2.05 bits per heavy atom. The second-order valence-electron chi connectivity index (χ2n) is 4.01. The van der Waals surface area contributed by atoms with Gasteiger partial charge in [0, 0.05) is 6.54 Å². The molecule has 0 atom stereocenters. The number of benzene rings is 1. The van der Waals surface area contributed by atoms with Gasteiger partial charge in [0.25, 0.3) is 0 Å². The van der Waals surface area contributed by atoms with E-state index in [-0.39, 0.29) is 22.4 Å². The Labute approximate surface area is 124 Å². The Bertz CT molecular complexity index is 715. The standard InChI is InChI=1S/C12H11ClFNO3S2/c13-10-3-8(1-2-11(10)14)5-15-20(17,18)12-4-9(6-16)7-19-12/h1-4,7,15-16H,5-6H2. The van der Waals surface area contributed by atoms with Gasteiger partial charge in [0.1, 0.15) is 10.0 Å². The molecule has 0 aliphatic heterocycles. The fraction of sp³-hybridized carbons (Fsp3) is 0.167. The topological polar surface area (TPSA) is 66.4 Å². The SMILES string of the molecule is O=S(=O)(NCc1ccc(F)c(Cl)c1)c1cc(CO)cs1. The molecule has 0 fully saturated rings. The summed E-state index contributed by atoms with van der Waals surface area (Å²) in [6, 6.07) is 5.41. The van der Waals surface area contributed by atoms with Crippen LogP contribution in [0.3, 0.4) is 0 Å². The summed E-state index contributed by atoms with van der Waals surface area (Å²) >= 11 is 6.65. The van der Waals surface area contributed by atoms with Crippen molar-refractivity contribution in [3.8, 4) is 0 Å². The van der Waals surface area contributed by atoms with Gasteiger partial charge in [-0.25, -0.2) is 17.5 Å². The number of sulfonamides is 1. The Morgan fingerprint density at radius 1 is 1.30 bits per heavy atom. The average molecular weight is 336 g/mol. The molecule has 0 amide bonds. The van der Waals surface area contributed by atoms with Gasteiger partial charge >= 0.3 is 0 Å². The molecule has 0 saturated heterocycles. The molecule has 1 aromatic carbocycles.